The van der Waals surface area contributed by atoms with E-state index in [-0.39, 0.29) is 0 Å². The third-order valence-corrected chi connectivity index (χ3v) is 1.12. The third-order valence-electron chi connectivity index (χ3n) is 1.12. The summed E-state index contributed by atoms with van der Waals surface area (Å²) >= 11 is 0. The minimum Gasteiger partial charge on any atom is -0.301 e. The minimum absolute atomic E-state index is 0.361. The Morgan fingerprint density at radius 3 is 2.43 bits per heavy atom. The minimum atomic E-state index is 0.361. The van der Waals surface area contributed by atoms with Crippen LogP contribution in [0.25, 0.3) is 0 Å². The smallest absolute Gasteiger partial charge is 0.0746 e. The van der Waals surface area contributed by atoms with Gasteiger partial charge in [-0.25, -0.2) is 5.48 Å². The molecule has 0 saturated carbocycles. The maximum atomic E-state index is 4.91. The number of rotatable bonds is 0. The largest absolute Gasteiger partial charge is 0.301 e. The molecule has 1 rings (SSSR count). The van der Waals surface area contributed by atoms with Gasteiger partial charge < -0.3 is 4.84 Å². The highest BCUT2D eigenvalue weighted by Gasteiger charge is 2.23. The van der Waals surface area contributed by atoms with Gasteiger partial charge in [-0.3, -0.25) is 0 Å². The van der Waals surface area contributed by atoms with Crippen molar-refractivity contribution in [3.8, 4) is 0 Å². The van der Waals surface area contributed by atoms with Crippen LogP contribution in [0.15, 0.2) is 0 Å². The van der Waals surface area contributed by atoms with Crippen LogP contribution in [0.1, 0.15) is 13.8 Å². The molecule has 1 N–H and O–H groups in total. The van der Waals surface area contributed by atoms with Crippen LogP contribution in [0, 0.1) is 5.41 Å². The molecule has 0 aliphatic carbocycles. The van der Waals surface area contributed by atoms with E-state index in [4.69, 9.17) is 4.84 Å². The molecule has 0 aromatic carbocycles. The first-order valence-electron chi connectivity index (χ1n) is 2.55. The van der Waals surface area contributed by atoms with Crippen molar-refractivity contribution in [1.29, 1.82) is 0 Å². The van der Waals surface area contributed by atoms with E-state index >= 15 is 0 Å². The molecule has 0 aromatic rings. The molecule has 0 radical (unpaired) electrons. The van der Waals surface area contributed by atoms with E-state index in [9.17, 15) is 0 Å². The molecule has 1 heterocycles. The van der Waals surface area contributed by atoms with Crippen LogP contribution in [0.2, 0.25) is 0 Å². The van der Waals surface area contributed by atoms with E-state index in [2.05, 4.69) is 19.3 Å². The molecule has 0 amide bonds. The molecule has 1 aliphatic rings. The second-order valence-corrected chi connectivity index (χ2v) is 2.77. The summed E-state index contributed by atoms with van der Waals surface area (Å²) in [5.41, 5.74) is 3.17. The lowest BCUT2D eigenvalue weighted by Gasteiger charge is -2.09. The van der Waals surface area contributed by atoms with Gasteiger partial charge in [0.05, 0.1) is 6.61 Å². The van der Waals surface area contributed by atoms with Crippen LogP contribution in [0.5, 0.6) is 0 Å². The summed E-state index contributed by atoms with van der Waals surface area (Å²) in [6.07, 6.45) is 0. The topological polar surface area (TPSA) is 21.3 Å². The van der Waals surface area contributed by atoms with Gasteiger partial charge in [0.2, 0.25) is 0 Å². The van der Waals surface area contributed by atoms with Gasteiger partial charge >= 0.3 is 0 Å². The molecule has 0 spiro atoms. The van der Waals surface area contributed by atoms with Crippen LogP contribution >= 0.6 is 0 Å². The fourth-order valence-electron chi connectivity index (χ4n) is 0.544. The summed E-state index contributed by atoms with van der Waals surface area (Å²) in [6.45, 7) is 6.17. The van der Waals surface area contributed by atoms with Crippen LogP contribution < -0.4 is 5.48 Å². The van der Waals surface area contributed by atoms with Gasteiger partial charge in [-0.1, -0.05) is 13.8 Å². The van der Waals surface area contributed by atoms with Crippen molar-refractivity contribution in [3.05, 3.63) is 0 Å². The van der Waals surface area contributed by atoms with Gasteiger partial charge in [0, 0.05) is 12.0 Å². The van der Waals surface area contributed by atoms with Crippen molar-refractivity contribution < 1.29 is 4.84 Å². The Morgan fingerprint density at radius 1 is 1.57 bits per heavy atom. The maximum Gasteiger partial charge on any atom is 0.0746 e. The van der Waals surface area contributed by atoms with E-state index in [1.165, 1.54) is 0 Å². The molecule has 2 heteroatoms. The molecule has 0 atom stereocenters. The predicted molar refractivity (Wildman–Crippen MR) is 27.7 cm³/mol. The Labute approximate surface area is 43.8 Å². The van der Waals surface area contributed by atoms with Crippen molar-refractivity contribution in [2.45, 2.75) is 13.8 Å². The Balaban J connectivity index is 2.40. The first-order chi connectivity index (χ1) is 3.21. The molecule has 0 bridgehead atoms. The van der Waals surface area contributed by atoms with Crippen LogP contribution in [-0.2, 0) is 4.84 Å². The zero-order valence-electron chi connectivity index (χ0n) is 4.82. The average molecular weight is 101 g/mol. The first-order valence-corrected chi connectivity index (χ1v) is 2.55. The monoisotopic (exact) mass is 101 g/mol. The van der Waals surface area contributed by atoms with Gasteiger partial charge in [0.15, 0.2) is 0 Å². The second kappa shape index (κ2) is 1.46. The van der Waals surface area contributed by atoms with Gasteiger partial charge in [-0.2, -0.15) is 0 Å². The summed E-state index contributed by atoms with van der Waals surface area (Å²) in [6, 6.07) is 0. The lowest BCUT2D eigenvalue weighted by atomic mass is 9.97. The second-order valence-electron chi connectivity index (χ2n) is 2.77. The van der Waals surface area contributed by atoms with Gasteiger partial charge in [-0.05, 0) is 0 Å². The first kappa shape index (κ1) is 5.06. The van der Waals surface area contributed by atoms with Crippen LogP contribution in [-0.4, -0.2) is 13.2 Å². The summed E-state index contributed by atoms with van der Waals surface area (Å²) < 4.78 is 0. The standard InChI is InChI=1S/C5H11NO/c1-5(2)3-6-7-4-5/h6H,3-4H2,1-2H3. The number of hydrogen-bond acceptors (Lipinski definition) is 2. The highest BCUT2D eigenvalue weighted by atomic mass is 16.7. The Bertz CT molecular complexity index is 62.5. The number of nitrogens with one attached hydrogen (secondary N) is 1. The van der Waals surface area contributed by atoms with Crippen LogP contribution in [0.4, 0.5) is 0 Å². The molecule has 0 unspecified atom stereocenters. The molecular formula is C5H11NO. The van der Waals surface area contributed by atoms with Crippen molar-refractivity contribution in [2.75, 3.05) is 13.2 Å². The lowest BCUT2D eigenvalue weighted by molar-refractivity contribution is 0.0894. The molecule has 1 fully saturated rings. The summed E-state index contributed by atoms with van der Waals surface area (Å²) in [5.74, 6) is 0. The van der Waals surface area contributed by atoms with Gasteiger partial charge in [0.25, 0.3) is 0 Å². The summed E-state index contributed by atoms with van der Waals surface area (Å²) in [7, 11) is 0. The lowest BCUT2D eigenvalue weighted by Crippen LogP contribution is -2.16. The van der Waals surface area contributed by atoms with Crippen molar-refractivity contribution in [2.24, 2.45) is 5.41 Å². The van der Waals surface area contributed by atoms with E-state index in [0.717, 1.165) is 13.2 Å². The Morgan fingerprint density at radius 2 is 2.29 bits per heavy atom. The third kappa shape index (κ3) is 1.14. The summed E-state index contributed by atoms with van der Waals surface area (Å²) in [4.78, 5) is 4.91. The summed E-state index contributed by atoms with van der Waals surface area (Å²) in [5, 5.41) is 0. The van der Waals surface area contributed by atoms with Crippen molar-refractivity contribution in [1.82, 2.24) is 5.48 Å². The molecule has 0 aromatic heterocycles. The fraction of sp³-hybridized carbons (Fsp3) is 1.00. The number of hydroxylamine groups is 1. The highest BCUT2D eigenvalue weighted by molar-refractivity contribution is 4.71. The zero-order valence-corrected chi connectivity index (χ0v) is 4.82. The quantitative estimate of drug-likeness (QED) is 0.481. The van der Waals surface area contributed by atoms with E-state index < -0.39 is 0 Å². The Hall–Kier alpha value is -0.0800. The fourth-order valence-corrected chi connectivity index (χ4v) is 0.544. The van der Waals surface area contributed by atoms with E-state index in [1.54, 1.807) is 0 Å². The normalized spacial score (nSPS) is 28.3. The molecule has 7 heavy (non-hydrogen) atoms. The highest BCUT2D eigenvalue weighted by Crippen LogP contribution is 2.17. The molecule has 42 valence electrons. The molecule has 2 nitrogen and oxygen atoms in total. The van der Waals surface area contributed by atoms with Gasteiger partial charge in [0.1, 0.15) is 0 Å². The van der Waals surface area contributed by atoms with E-state index in [0.29, 0.717) is 5.41 Å². The average Bonchev–Trinajstić information content (AvgIpc) is 1.84. The van der Waals surface area contributed by atoms with E-state index in [1.807, 2.05) is 0 Å². The zero-order chi connectivity index (χ0) is 5.33. The molecule has 1 saturated heterocycles. The SMILES string of the molecule is CC1(C)CNOC1. The van der Waals surface area contributed by atoms with Crippen molar-refractivity contribution in [3.63, 3.8) is 0 Å². The molecular weight excluding hydrogens is 90.1 g/mol. The van der Waals surface area contributed by atoms with Crippen molar-refractivity contribution >= 4 is 0 Å². The molecule has 1 aliphatic heterocycles. The predicted octanol–water partition coefficient (Wildman–Crippen LogP) is 0.547. The van der Waals surface area contributed by atoms with Crippen LogP contribution in [0.3, 0.4) is 0 Å². The number of hydrogen-bond donors (Lipinski definition) is 1. The van der Waals surface area contributed by atoms with Gasteiger partial charge in [-0.15, -0.1) is 0 Å². The Kier molecular flexibility index (Phi) is 1.05. The maximum absolute atomic E-state index is 4.91.